The van der Waals surface area contributed by atoms with Gasteiger partial charge in [-0.25, -0.2) is 9.37 Å². The van der Waals surface area contributed by atoms with E-state index in [2.05, 4.69) is 10.3 Å². The van der Waals surface area contributed by atoms with E-state index < -0.39 is 17.7 Å². The molecule has 0 radical (unpaired) electrons. The predicted molar refractivity (Wildman–Crippen MR) is 125 cm³/mol. The van der Waals surface area contributed by atoms with Gasteiger partial charge in [-0.3, -0.25) is 9.59 Å². The van der Waals surface area contributed by atoms with Crippen molar-refractivity contribution in [1.82, 2.24) is 4.98 Å². The molecule has 0 bridgehead atoms. The van der Waals surface area contributed by atoms with Crippen LogP contribution >= 0.6 is 23.2 Å². The van der Waals surface area contributed by atoms with Crippen molar-refractivity contribution in [3.63, 3.8) is 0 Å². The number of fused-ring (bicyclic) bond motifs is 1. The SMILES string of the molecule is O=C(O)Cc1ccc2oc(-c3ccc(NC(=O)/C=C/c4ccc(Cl)cc4Cl)cc3F)nc2c1. The number of aromatic nitrogens is 1. The van der Waals surface area contributed by atoms with Gasteiger partial charge in [0.15, 0.2) is 5.58 Å². The fraction of sp³-hybridized carbons (Fsp3) is 0.0417. The van der Waals surface area contributed by atoms with Crippen LogP contribution in [0.3, 0.4) is 0 Å². The lowest BCUT2D eigenvalue weighted by molar-refractivity contribution is -0.136. The first kappa shape index (κ1) is 22.5. The zero-order valence-corrected chi connectivity index (χ0v) is 18.3. The van der Waals surface area contributed by atoms with Crippen LogP contribution in [-0.4, -0.2) is 22.0 Å². The van der Waals surface area contributed by atoms with Crippen LogP contribution < -0.4 is 5.32 Å². The molecule has 0 aliphatic carbocycles. The molecular weight excluding hydrogens is 470 g/mol. The molecular formula is C24H15Cl2FN2O4. The minimum absolute atomic E-state index is 0.0464. The highest BCUT2D eigenvalue weighted by molar-refractivity contribution is 6.35. The van der Waals surface area contributed by atoms with Gasteiger partial charge in [0.05, 0.1) is 12.0 Å². The van der Waals surface area contributed by atoms with Gasteiger partial charge >= 0.3 is 5.97 Å². The Labute approximate surface area is 197 Å². The summed E-state index contributed by atoms with van der Waals surface area (Å²) in [6, 6.07) is 13.8. The number of oxazole rings is 1. The van der Waals surface area contributed by atoms with Crippen LogP contribution in [0.2, 0.25) is 10.0 Å². The van der Waals surface area contributed by atoms with E-state index in [-0.39, 0.29) is 23.6 Å². The number of carboxylic acid groups (broad SMARTS) is 1. The number of nitrogens with one attached hydrogen (secondary N) is 1. The van der Waals surface area contributed by atoms with Gasteiger partial charge in [-0.2, -0.15) is 0 Å². The minimum Gasteiger partial charge on any atom is -0.481 e. The molecule has 0 saturated heterocycles. The first-order valence-electron chi connectivity index (χ1n) is 9.64. The average Bonchev–Trinajstić information content (AvgIpc) is 3.15. The van der Waals surface area contributed by atoms with Gasteiger partial charge in [-0.1, -0.05) is 35.3 Å². The molecule has 166 valence electrons. The Morgan fingerprint density at radius 1 is 1.09 bits per heavy atom. The molecule has 0 aliphatic rings. The normalized spacial score (nSPS) is 11.2. The third kappa shape index (κ3) is 5.39. The number of nitrogens with zero attached hydrogens (tertiary/aromatic N) is 1. The van der Waals surface area contributed by atoms with Gasteiger partial charge < -0.3 is 14.8 Å². The van der Waals surface area contributed by atoms with Crippen LogP contribution in [0.5, 0.6) is 0 Å². The summed E-state index contributed by atoms with van der Waals surface area (Å²) in [5.41, 5.74) is 2.34. The number of halogens is 3. The molecule has 4 aromatic rings. The Balaban J connectivity index is 1.50. The maximum Gasteiger partial charge on any atom is 0.307 e. The summed E-state index contributed by atoms with van der Waals surface area (Å²) < 4.78 is 20.3. The van der Waals surface area contributed by atoms with Crippen molar-refractivity contribution < 1.29 is 23.5 Å². The molecule has 3 aromatic carbocycles. The highest BCUT2D eigenvalue weighted by Gasteiger charge is 2.15. The zero-order chi connectivity index (χ0) is 23.5. The van der Waals surface area contributed by atoms with Crippen molar-refractivity contribution in [2.75, 3.05) is 5.32 Å². The van der Waals surface area contributed by atoms with Gasteiger partial charge in [-0.15, -0.1) is 0 Å². The van der Waals surface area contributed by atoms with E-state index >= 15 is 0 Å². The van der Waals surface area contributed by atoms with Crippen molar-refractivity contribution in [3.8, 4) is 11.5 Å². The van der Waals surface area contributed by atoms with Gasteiger partial charge in [0.1, 0.15) is 11.3 Å². The third-order valence-electron chi connectivity index (χ3n) is 4.65. The summed E-state index contributed by atoms with van der Waals surface area (Å²) in [6.45, 7) is 0. The summed E-state index contributed by atoms with van der Waals surface area (Å²) >= 11 is 11.9. The van der Waals surface area contributed by atoms with E-state index in [9.17, 15) is 14.0 Å². The number of aliphatic carboxylic acids is 1. The van der Waals surface area contributed by atoms with E-state index in [0.717, 1.165) is 6.07 Å². The van der Waals surface area contributed by atoms with E-state index in [1.165, 1.54) is 24.3 Å². The van der Waals surface area contributed by atoms with Crippen LogP contribution in [-0.2, 0) is 16.0 Å². The molecule has 0 atom stereocenters. The summed E-state index contributed by atoms with van der Waals surface area (Å²) in [5, 5.41) is 12.4. The minimum atomic E-state index is -0.965. The molecule has 33 heavy (non-hydrogen) atoms. The van der Waals surface area contributed by atoms with E-state index in [4.69, 9.17) is 32.7 Å². The standard InChI is InChI=1S/C24H15Cl2FN2O4/c25-15-4-2-14(18(26)11-15)3-8-22(30)28-16-5-6-17(19(27)12-16)24-29-20-9-13(10-23(31)32)1-7-21(20)33-24/h1-9,11-12H,10H2,(H,28,30)(H,31,32)/b8-3+. The van der Waals surface area contributed by atoms with Crippen LogP contribution in [0.15, 0.2) is 65.1 Å². The van der Waals surface area contributed by atoms with Crippen LogP contribution in [0.25, 0.3) is 28.6 Å². The van der Waals surface area contributed by atoms with Crippen LogP contribution in [0.1, 0.15) is 11.1 Å². The second-order valence-corrected chi connectivity index (χ2v) is 7.92. The first-order valence-corrected chi connectivity index (χ1v) is 10.4. The van der Waals surface area contributed by atoms with Crippen LogP contribution in [0, 0.1) is 5.82 Å². The Morgan fingerprint density at radius 3 is 2.64 bits per heavy atom. The van der Waals surface area contributed by atoms with Crippen molar-refractivity contribution in [1.29, 1.82) is 0 Å². The van der Waals surface area contributed by atoms with Gasteiger partial charge in [0, 0.05) is 21.8 Å². The van der Waals surface area contributed by atoms with Crippen molar-refractivity contribution in [2.24, 2.45) is 0 Å². The van der Waals surface area contributed by atoms with Crippen molar-refractivity contribution in [2.45, 2.75) is 6.42 Å². The fourth-order valence-electron chi connectivity index (χ4n) is 3.13. The second-order valence-electron chi connectivity index (χ2n) is 7.07. The Bertz CT molecular complexity index is 1420. The second kappa shape index (κ2) is 9.44. The molecule has 2 N–H and O–H groups in total. The molecule has 0 unspecified atom stereocenters. The third-order valence-corrected chi connectivity index (χ3v) is 5.21. The smallest absolute Gasteiger partial charge is 0.307 e. The Morgan fingerprint density at radius 2 is 1.91 bits per heavy atom. The molecule has 9 heteroatoms. The maximum atomic E-state index is 14.7. The number of hydrogen-bond donors (Lipinski definition) is 2. The van der Waals surface area contributed by atoms with Gasteiger partial charge in [0.25, 0.3) is 0 Å². The molecule has 1 heterocycles. The average molecular weight is 485 g/mol. The number of carboxylic acids is 1. The molecule has 1 aromatic heterocycles. The van der Waals surface area contributed by atoms with Gasteiger partial charge in [0.2, 0.25) is 11.8 Å². The number of amides is 1. The van der Waals surface area contributed by atoms with E-state index in [0.29, 0.717) is 32.3 Å². The molecule has 0 aliphatic heterocycles. The molecule has 0 fully saturated rings. The highest BCUT2D eigenvalue weighted by atomic mass is 35.5. The van der Waals surface area contributed by atoms with Gasteiger partial charge in [-0.05, 0) is 59.7 Å². The summed E-state index contributed by atoms with van der Waals surface area (Å²) in [6.07, 6.45) is 2.64. The number of rotatable bonds is 6. The number of anilines is 1. The quantitative estimate of drug-likeness (QED) is 0.317. The highest BCUT2D eigenvalue weighted by Crippen LogP contribution is 2.29. The van der Waals surface area contributed by atoms with Crippen molar-refractivity contribution in [3.05, 3.63) is 87.7 Å². The summed E-state index contributed by atoms with van der Waals surface area (Å²) in [5.74, 6) is -2.03. The number of carbonyl (C=O) groups excluding carboxylic acids is 1. The summed E-state index contributed by atoms with van der Waals surface area (Å²) in [7, 11) is 0. The zero-order valence-electron chi connectivity index (χ0n) is 16.8. The number of carbonyl (C=O) groups is 2. The molecule has 6 nitrogen and oxygen atoms in total. The number of hydrogen-bond acceptors (Lipinski definition) is 4. The van der Waals surface area contributed by atoms with Crippen LogP contribution in [0.4, 0.5) is 10.1 Å². The summed E-state index contributed by atoms with van der Waals surface area (Å²) in [4.78, 5) is 27.3. The fourth-order valence-corrected chi connectivity index (χ4v) is 3.60. The first-order chi connectivity index (χ1) is 15.8. The molecule has 4 rings (SSSR count). The Hall–Kier alpha value is -3.68. The molecule has 0 spiro atoms. The lowest BCUT2D eigenvalue weighted by atomic mass is 10.1. The Kier molecular flexibility index (Phi) is 6.44. The number of benzene rings is 3. The topological polar surface area (TPSA) is 92.4 Å². The van der Waals surface area contributed by atoms with E-state index in [1.807, 2.05) is 0 Å². The largest absolute Gasteiger partial charge is 0.481 e. The molecule has 1 amide bonds. The lowest BCUT2D eigenvalue weighted by Gasteiger charge is -2.05. The molecule has 0 saturated carbocycles. The maximum absolute atomic E-state index is 14.7. The van der Waals surface area contributed by atoms with E-state index in [1.54, 1.807) is 36.4 Å². The predicted octanol–water partition coefficient (Wildman–Crippen LogP) is 6.22. The lowest BCUT2D eigenvalue weighted by Crippen LogP contribution is -2.08. The van der Waals surface area contributed by atoms with Crippen molar-refractivity contribution >= 4 is 57.9 Å². The monoisotopic (exact) mass is 484 g/mol.